The fourth-order valence-corrected chi connectivity index (χ4v) is 2.10. The number of ether oxygens (including phenoxy) is 1. The Bertz CT molecular complexity index is 762. The lowest BCUT2D eigenvalue weighted by Crippen LogP contribution is -2.20. The van der Waals surface area contributed by atoms with Crippen LogP contribution in [0.25, 0.3) is 0 Å². The lowest BCUT2D eigenvalue weighted by Gasteiger charge is -2.10. The summed E-state index contributed by atoms with van der Waals surface area (Å²) in [5.41, 5.74) is 9.29. The number of para-hydroxylation sites is 1. The van der Waals surface area contributed by atoms with Gasteiger partial charge in [-0.2, -0.15) is 0 Å². The van der Waals surface area contributed by atoms with Crippen molar-refractivity contribution in [3.63, 3.8) is 0 Å². The van der Waals surface area contributed by atoms with Crippen LogP contribution >= 0.6 is 0 Å². The summed E-state index contributed by atoms with van der Waals surface area (Å²) in [6.45, 7) is 2.56. The summed E-state index contributed by atoms with van der Waals surface area (Å²) in [5.74, 6) is 1.24. The van der Waals surface area contributed by atoms with Crippen molar-refractivity contribution in [2.24, 2.45) is 0 Å². The first-order chi connectivity index (χ1) is 11.3. The minimum atomic E-state index is 0.498. The number of aryl methyl sites for hydroxylation is 1. The van der Waals surface area contributed by atoms with Gasteiger partial charge < -0.3 is 10.2 Å². The minimum absolute atomic E-state index is 0.498. The third kappa shape index (κ3) is 4.52. The SMILES string of the molecule is Cc1cncc(Oc2cccc(CNNc3ccccc3)c2)n1. The summed E-state index contributed by atoms with van der Waals surface area (Å²) in [4.78, 5) is 8.36. The number of hydrazine groups is 1. The predicted molar refractivity (Wildman–Crippen MR) is 90.2 cm³/mol. The van der Waals surface area contributed by atoms with Crippen LogP contribution in [0, 0.1) is 6.92 Å². The normalized spacial score (nSPS) is 10.3. The molecule has 2 aromatic carbocycles. The van der Waals surface area contributed by atoms with Gasteiger partial charge in [0.2, 0.25) is 5.88 Å². The van der Waals surface area contributed by atoms with Gasteiger partial charge in [-0.1, -0.05) is 30.3 Å². The average molecular weight is 306 g/mol. The highest BCUT2D eigenvalue weighted by molar-refractivity contribution is 5.41. The standard InChI is InChI=1S/C18H18N4O/c1-14-11-19-13-18(21-14)23-17-9-5-6-15(10-17)12-20-22-16-7-3-2-4-8-16/h2-11,13,20,22H,12H2,1H3. The van der Waals surface area contributed by atoms with Crippen LogP contribution in [-0.4, -0.2) is 9.97 Å². The van der Waals surface area contributed by atoms with Gasteiger partial charge in [-0.3, -0.25) is 4.98 Å². The van der Waals surface area contributed by atoms with Crippen LogP contribution in [-0.2, 0) is 6.54 Å². The average Bonchev–Trinajstić information content (AvgIpc) is 2.56. The van der Waals surface area contributed by atoms with E-state index in [1.165, 1.54) is 0 Å². The van der Waals surface area contributed by atoms with Gasteiger partial charge in [0, 0.05) is 18.4 Å². The summed E-state index contributed by atoms with van der Waals surface area (Å²) in [5, 5.41) is 0. The Hall–Kier alpha value is -2.92. The van der Waals surface area contributed by atoms with E-state index in [9.17, 15) is 0 Å². The van der Waals surface area contributed by atoms with E-state index in [0.29, 0.717) is 12.4 Å². The smallest absolute Gasteiger partial charge is 0.238 e. The second-order valence-electron chi connectivity index (χ2n) is 5.09. The summed E-state index contributed by atoms with van der Waals surface area (Å²) in [7, 11) is 0. The zero-order chi connectivity index (χ0) is 15.9. The second-order valence-corrected chi connectivity index (χ2v) is 5.09. The molecular formula is C18H18N4O. The van der Waals surface area contributed by atoms with E-state index in [-0.39, 0.29) is 0 Å². The van der Waals surface area contributed by atoms with E-state index >= 15 is 0 Å². The van der Waals surface area contributed by atoms with Crippen LogP contribution in [0.1, 0.15) is 11.3 Å². The van der Waals surface area contributed by atoms with E-state index in [4.69, 9.17) is 4.74 Å². The maximum atomic E-state index is 5.74. The number of hydrogen-bond acceptors (Lipinski definition) is 5. The minimum Gasteiger partial charge on any atom is -0.437 e. The van der Waals surface area contributed by atoms with Gasteiger partial charge >= 0.3 is 0 Å². The Kier molecular flexibility index (Phi) is 4.81. The van der Waals surface area contributed by atoms with Gasteiger partial charge in [-0.25, -0.2) is 10.4 Å². The van der Waals surface area contributed by atoms with Crippen molar-refractivity contribution < 1.29 is 4.74 Å². The van der Waals surface area contributed by atoms with Crippen LogP contribution in [0.15, 0.2) is 67.0 Å². The molecule has 0 amide bonds. The quantitative estimate of drug-likeness (QED) is 0.680. The molecule has 23 heavy (non-hydrogen) atoms. The maximum Gasteiger partial charge on any atom is 0.238 e. The molecule has 1 aromatic heterocycles. The molecule has 0 bridgehead atoms. The molecule has 1 heterocycles. The van der Waals surface area contributed by atoms with Crippen LogP contribution in [0.3, 0.4) is 0 Å². The molecule has 5 heteroatoms. The third-order valence-electron chi connectivity index (χ3n) is 3.15. The summed E-state index contributed by atoms with van der Waals surface area (Å²) >= 11 is 0. The van der Waals surface area contributed by atoms with Gasteiger partial charge in [0.25, 0.3) is 0 Å². The number of hydrogen-bond donors (Lipinski definition) is 2. The van der Waals surface area contributed by atoms with Crippen molar-refractivity contribution in [2.75, 3.05) is 5.43 Å². The van der Waals surface area contributed by atoms with Gasteiger partial charge in [-0.05, 0) is 36.8 Å². The first-order valence-corrected chi connectivity index (χ1v) is 7.39. The molecule has 0 atom stereocenters. The topological polar surface area (TPSA) is 59.1 Å². The fourth-order valence-electron chi connectivity index (χ4n) is 2.10. The Balaban J connectivity index is 1.59. The zero-order valence-corrected chi connectivity index (χ0v) is 12.9. The molecule has 0 radical (unpaired) electrons. The van der Waals surface area contributed by atoms with E-state index in [1.54, 1.807) is 12.4 Å². The molecule has 2 N–H and O–H groups in total. The van der Waals surface area contributed by atoms with Gasteiger partial charge in [0.1, 0.15) is 5.75 Å². The predicted octanol–water partition coefficient (Wildman–Crippen LogP) is 3.69. The summed E-state index contributed by atoms with van der Waals surface area (Å²) in [6.07, 6.45) is 3.30. The number of benzene rings is 2. The molecule has 0 aliphatic heterocycles. The van der Waals surface area contributed by atoms with Crippen molar-refractivity contribution in [1.82, 2.24) is 15.4 Å². The van der Waals surface area contributed by atoms with Gasteiger partial charge in [0.15, 0.2) is 0 Å². The van der Waals surface area contributed by atoms with Crippen molar-refractivity contribution in [3.8, 4) is 11.6 Å². The third-order valence-corrected chi connectivity index (χ3v) is 3.15. The fraction of sp³-hybridized carbons (Fsp3) is 0.111. The Morgan fingerprint density at radius 1 is 1.00 bits per heavy atom. The molecule has 5 nitrogen and oxygen atoms in total. The summed E-state index contributed by atoms with van der Waals surface area (Å²) < 4.78 is 5.74. The van der Waals surface area contributed by atoms with Crippen LogP contribution in [0.2, 0.25) is 0 Å². The molecular weight excluding hydrogens is 288 g/mol. The molecule has 0 saturated heterocycles. The largest absolute Gasteiger partial charge is 0.437 e. The van der Waals surface area contributed by atoms with Crippen molar-refractivity contribution in [1.29, 1.82) is 0 Å². The first kappa shape index (κ1) is 15.0. The highest BCUT2D eigenvalue weighted by Crippen LogP contribution is 2.20. The number of nitrogens with zero attached hydrogens (tertiary/aromatic N) is 2. The monoisotopic (exact) mass is 306 g/mol. The highest BCUT2D eigenvalue weighted by atomic mass is 16.5. The van der Waals surface area contributed by atoms with Crippen LogP contribution in [0.5, 0.6) is 11.6 Å². The van der Waals surface area contributed by atoms with Gasteiger partial charge in [-0.15, -0.1) is 0 Å². The van der Waals surface area contributed by atoms with Crippen LogP contribution < -0.4 is 15.6 Å². The number of nitrogens with one attached hydrogen (secondary N) is 2. The molecule has 0 unspecified atom stereocenters. The molecule has 0 fully saturated rings. The molecule has 0 aliphatic carbocycles. The molecule has 3 rings (SSSR count). The highest BCUT2D eigenvalue weighted by Gasteiger charge is 2.01. The van der Waals surface area contributed by atoms with E-state index < -0.39 is 0 Å². The van der Waals surface area contributed by atoms with Crippen LogP contribution in [0.4, 0.5) is 5.69 Å². The van der Waals surface area contributed by atoms with Crippen molar-refractivity contribution in [3.05, 3.63) is 78.2 Å². The molecule has 0 saturated carbocycles. The zero-order valence-electron chi connectivity index (χ0n) is 12.9. The summed E-state index contributed by atoms with van der Waals surface area (Å²) in [6, 6.07) is 17.8. The van der Waals surface area contributed by atoms with Crippen molar-refractivity contribution >= 4 is 5.69 Å². The van der Waals surface area contributed by atoms with Crippen molar-refractivity contribution in [2.45, 2.75) is 13.5 Å². The number of aromatic nitrogens is 2. The number of anilines is 1. The van der Waals surface area contributed by atoms with E-state index in [1.807, 2.05) is 61.5 Å². The Morgan fingerprint density at radius 2 is 1.87 bits per heavy atom. The molecule has 116 valence electrons. The van der Waals surface area contributed by atoms with Gasteiger partial charge in [0.05, 0.1) is 11.9 Å². The first-order valence-electron chi connectivity index (χ1n) is 7.39. The second kappa shape index (κ2) is 7.38. The number of rotatable bonds is 6. The molecule has 0 spiro atoms. The lowest BCUT2D eigenvalue weighted by molar-refractivity contribution is 0.458. The van der Waals surface area contributed by atoms with E-state index in [2.05, 4.69) is 20.8 Å². The maximum absolute atomic E-state index is 5.74. The van der Waals surface area contributed by atoms with E-state index in [0.717, 1.165) is 22.7 Å². The Morgan fingerprint density at radius 3 is 2.70 bits per heavy atom. The lowest BCUT2D eigenvalue weighted by atomic mass is 10.2. The molecule has 0 aliphatic rings. The Labute approximate surface area is 135 Å². The molecule has 3 aromatic rings.